The van der Waals surface area contributed by atoms with Crippen LogP contribution in [-0.4, -0.2) is 59.2 Å². The first kappa shape index (κ1) is 18.4. The fraction of sp³-hybridized carbons (Fsp3) is 0.333. The van der Waals surface area contributed by atoms with E-state index in [0.29, 0.717) is 6.54 Å². The van der Waals surface area contributed by atoms with Gasteiger partial charge in [0.05, 0.1) is 0 Å². The third-order valence-corrected chi connectivity index (χ3v) is 5.99. The van der Waals surface area contributed by atoms with Crippen LogP contribution >= 0.6 is 22.6 Å². The molecule has 0 aromatic heterocycles. The molecule has 0 aliphatic carbocycles. The van der Waals surface area contributed by atoms with Gasteiger partial charge in [0, 0.05) is 48.4 Å². The first-order valence-corrected chi connectivity index (χ1v) is 10.3. The predicted molar refractivity (Wildman–Crippen MR) is 112 cm³/mol. The molecule has 2 heterocycles. The van der Waals surface area contributed by atoms with Gasteiger partial charge in [0.25, 0.3) is 5.91 Å². The van der Waals surface area contributed by atoms with Crippen LogP contribution in [0.2, 0.25) is 0 Å². The fourth-order valence-corrected chi connectivity index (χ4v) is 4.07. The van der Waals surface area contributed by atoms with E-state index in [2.05, 4.69) is 51.8 Å². The third-order valence-electron chi connectivity index (χ3n) is 5.27. The Morgan fingerprint density at radius 1 is 0.963 bits per heavy atom. The first-order valence-electron chi connectivity index (χ1n) is 9.22. The predicted octanol–water partition coefficient (Wildman–Crippen LogP) is 2.59. The largest absolute Gasteiger partial charge is 0.339 e. The number of piperazine rings is 1. The Bertz CT molecular complexity index is 845. The summed E-state index contributed by atoms with van der Waals surface area (Å²) in [4.78, 5) is 31.0. The van der Waals surface area contributed by atoms with Gasteiger partial charge in [-0.1, -0.05) is 30.3 Å². The molecule has 2 aromatic rings. The molecule has 0 atom stereocenters. The second-order valence-electron chi connectivity index (χ2n) is 7.10. The summed E-state index contributed by atoms with van der Waals surface area (Å²) in [6, 6.07) is 16.2. The van der Waals surface area contributed by atoms with Gasteiger partial charge in [-0.3, -0.25) is 14.5 Å². The average molecular weight is 471 g/mol. The number of carbonyl (C=O) groups excluding carboxylic acids is 2. The van der Waals surface area contributed by atoms with Crippen LogP contribution in [0.15, 0.2) is 48.5 Å². The van der Waals surface area contributed by atoms with Crippen molar-refractivity contribution in [2.75, 3.05) is 32.7 Å². The van der Waals surface area contributed by atoms with Crippen molar-refractivity contribution < 1.29 is 9.59 Å². The number of rotatable bonds is 4. The van der Waals surface area contributed by atoms with Crippen molar-refractivity contribution in [3.8, 4) is 0 Å². The maximum absolute atomic E-state index is 12.7. The second kappa shape index (κ2) is 7.98. The molecule has 4 rings (SSSR count). The zero-order chi connectivity index (χ0) is 18.8. The molecule has 0 radical (unpaired) electrons. The van der Waals surface area contributed by atoms with Crippen molar-refractivity contribution in [2.24, 2.45) is 0 Å². The van der Waals surface area contributed by atoms with Gasteiger partial charge in [-0.15, -0.1) is 0 Å². The highest BCUT2D eigenvalue weighted by Gasteiger charge is 2.30. The number of benzene rings is 2. The van der Waals surface area contributed by atoms with E-state index in [-0.39, 0.29) is 18.4 Å². The molecule has 2 aliphatic heterocycles. The molecule has 2 amide bonds. The first-order chi connectivity index (χ1) is 13.1. The minimum Gasteiger partial charge on any atom is -0.339 e. The Morgan fingerprint density at radius 3 is 2.37 bits per heavy atom. The van der Waals surface area contributed by atoms with E-state index in [9.17, 15) is 9.59 Å². The fourth-order valence-electron chi connectivity index (χ4n) is 3.71. The van der Waals surface area contributed by atoms with Crippen LogP contribution < -0.4 is 0 Å². The molecule has 2 aliphatic rings. The van der Waals surface area contributed by atoms with E-state index in [1.54, 1.807) is 4.90 Å². The molecule has 0 unspecified atom stereocenters. The lowest BCUT2D eigenvalue weighted by molar-refractivity contribution is -0.133. The monoisotopic (exact) mass is 471 g/mol. The summed E-state index contributed by atoms with van der Waals surface area (Å²) >= 11 is 2.31. The van der Waals surface area contributed by atoms with Crippen LogP contribution in [-0.2, 0) is 17.9 Å². The summed E-state index contributed by atoms with van der Waals surface area (Å²) in [7, 11) is 0. The molecule has 5 nitrogen and oxygen atoms in total. The zero-order valence-corrected chi connectivity index (χ0v) is 17.3. The molecule has 0 N–H and O–H groups in total. The summed E-state index contributed by atoms with van der Waals surface area (Å²) in [5, 5.41) is 0. The van der Waals surface area contributed by atoms with Gasteiger partial charge in [0.1, 0.15) is 6.54 Å². The Kier molecular flexibility index (Phi) is 5.45. The molecule has 140 valence electrons. The number of fused-ring (bicyclic) bond motifs is 1. The van der Waals surface area contributed by atoms with Crippen molar-refractivity contribution in [2.45, 2.75) is 13.1 Å². The number of carbonyl (C=O) groups is 2. The summed E-state index contributed by atoms with van der Waals surface area (Å²) < 4.78 is 1.24. The van der Waals surface area contributed by atoms with E-state index in [1.165, 1.54) is 9.13 Å². The highest BCUT2D eigenvalue weighted by molar-refractivity contribution is 14.1. The minimum atomic E-state index is -0.0312. The van der Waals surface area contributed by atoms with Gasteiger partial charge in [0.2, 0.25) is 5.91 Å². The lowest BCUT2D eigenvalue weighted by atomic mass is 10.1. The summed E-state index contributed by atoms with van der Waals surface area (Å²) in [5.74, 6) is 0.0152. The van der Waals surface area contributed by atoms with Crippen LogP contribution in [0, 0.1) is 3.57 Å². The molecular weight excluding hydrogens is 449 g/mol. The maximum atomic E-state index is 12.7. The van der Waals surface area contributed by atoms with Crippen molar-refractivity contribution >= 4 is 34.4 Å². The van der Waals surface area contributed by atoms with Gasteiger partial charge >= 0.3 is 0 Å². The van der Waals surface area contributed by atoms with Gasteiger partial charge < -0.3 is 9.80 Å². The van der Waals surface area contributed by atoms with Gasteiger partial charge in [-0.05, 0) is 51.9 Å². The molecule has 0 spiro atoms. The van der Waals surface area contributed by atoms with Crippen molar-refractivity contribution in [3.63, 3.8) is 0 Å². The lowest BCUT2D eigenvalue weighted by Crippen LogP contribution is -2.50. The van der Waals surface area contributed by atoms with E-state index < -0.39 is 0 Å². The number of nitrogens with zero attached hydrogens (tertiary/aromatic N) is 3. The Balaban J connectivity index is 1.28. The maximum Gasteiger partial charge on any atom is 0.254 e. The van der Waals surface area contributed by atoms with Crippen LogP contribution in [0.5, 0.6) is 0 Å². The Hall–Kier alpha value is -1.93. The van der Waals surface area contributed by atoms with Crippen LogP contribution in [0.4, 0.5) is 0 Å². The quantitative estimate of drug-likeness (QED) is 0.645. The topological polar surface area (TPSA) is 43.9 Å². The Morgan fingerprint density at radius 2 is 1.67 bits per heavy atom. The molecule has 0 saturated carbocycles. The SMILES string of the molecule is O=C(CN1Cc2ccccc2C1=O)N1CCN(Cc2ccc([123I])cc2)CC1. The number of halogens is 1. The Labute approximate surface area is 173 Å². The highest BCUT2D eigenvalue weighted by Crippen LogP contribution is 2.22. The normalized spacial score (nSPS) is 17.3. The van der Waals surface area contributed by atoms with Crippen molar-refractivity contribution in [3.05, 3.63) is 68.8 Å². The number of hydrogen-bond acceptors (Lipinski definition) is 3. The molecule has 27 heavy (non-hydrogen) atoms. The molecule has 1 saturated heterocycles. The average Bonchev–Trinajstić information content (AvgIpc) is 3.00. The zero-order valence-electron chi connectivity index (χ0n) is 15.1. The van der Waals surface area contributed by atoms with Crippen LogP contribution in [0.1, 0.15) is 21.5 Å². The molecule has 0 bridgehead atoms. The molecular formula is C21H22IN3O2. The van der Waals surface area contributed by atoms with Gasteiger partial charge in [0.15, 0.2) is 0 Å². The second-order valence-corrected chi connectivity index (χ2v) is 8.35. The van der Waals surface area contributed by atoms with Crippen LogP contribution in [0.25, 0.3) is 0 Å². The van der Waals surface area contributed by atoms with Crippen molar-refractivity contribution in [1.29, 1.82) is 0 Å². The molecule has 1 fully saturated rings. The van der Waals surface area contributed by atoms with E-state index >= 15 is 0 Å². The highest BCUT2D eigenvalue weighted by atomic mass is 123. The van der Waals surface area contributed by atoms with E-state index in [4.69, 9.17) is 0 Å². The third kappa shape index (κ3) is 4.16. The molecule has 6 heteroatoms. The van der Waals surface area contributed by atoms with Crippen molar-refractivity contribution in [1.82, 2.24) is 14.7 Å². The number of hydrogen-bond donors (Lipinski definition) is 0. The molecule has 2 aromatic carbocycles. The summed E-state index contributed by atoms with van der Waals surface area (Å²) in [6.45, 7) is 4.80. The van der Waals surface area contributed by atoms with E-state index in [0.717, 1.165) is 43.9 Å². The summed E-state index contributed by atoms with van der Waals surface area (Å²) in [6.07, 6.45) is 0. The number of amides is 2. The summed E-state index contributed by atoms with van der Waals surface area (Å²) in [5.41, 5.74) is 3.04. The van der Waals surface area contributed by atoms with Crippen LogP contribution in [0.3, 0.4) is 0 Å². The minimum absolute atomic E-state index is 0.0312. The smallest absolute Gasteiger partial charge is 0.254 e. The standard InChI is InChI=1S/C21H22IN3O2/c22-18-7-5-16(6-8-18)13-23-9-11-24(12-10-23)20(26)15-25-14-17-3-1-2-4-19(17)21(25)27/h1-8H,9-15H2/i22-4. The van der Waals surface area contributed by atoms with Gasteiger partial charge in [-0.25, -0.2) is 0 Å². The van der Waals surface area contributed by atoms with Gasteiger partial charge in [-0.2, -0.15) is 0 Å². The lowest BCUT2D eigenvalue weighted by Gasteiger charge is -2.35. The van der Waals surface area contributed by atoms with E-state index in [1.807, 2.05) is 29.2 Å².